The summed E-state index contributed by atoms with van der Waals surface area (Å²) in [6.07, 6.45) is 0. The van der Waals surface area contributed by atoms with Gasteiger partial charge in [0, 0.05) is 10.7 Å². The third-order valence-electron chi connectivity index (χ3n) is 3.76. The summed E-state index contributed by atoms with van der Waals surface area (Å²) in [5.41, 5.74) is 3.28. The number of carbonyl (C=O) groups excluding carboxylic acids is 2. The molecule has 5 nitrogen and oxygen atoms in total. The monoisotopic (exact) mass is 360 g/mol. The van der Waals surface area contributed by atoms with Crippen molar-refractivity contribution < 1.29 is 14.3 Å². The zero-order valence-electron chi connectivity index (χ0n) is 14.5. The second kappa shape index (κ2) is 8.53. The van der Waals surface area contributed by atoms with E-state index in [9.17, 15) is 9.59 Å². The second-order valence-electron chi connectivity index (χ2n) is 5.69. The lowest BCUT2D eigenvalue weighted by atomic mass is 10.1. The van der Waals surface area contributed by atoms with Crippen LogP contribution in [-0.2, 0) is 9.59 Å². The van der Waals surface area contributed by atoms with Gasteiger partial charge in [-0.25, -0.2) is 0 Å². The maximum Gasteiger partial charge on any atom is 0.313 e. The molecule has 0 heterocycles. The van der Waals surface area contributed by atoms with E-state index in [-0.39, 0.29) is 13.2 Å². The van der Waals surface area contributed by atoms with E-state index in [1.807, 2.05) is 32.0 Å². The minimum atomic E-state index is -0.738. The summed E-state index contributed by atoms with van der Waals surface area (Å²) in [4.78, 5) is 23.8. The minimum absolute atomic E-state index is 0.231. The molecule has 0 aliphatic carbocycles. The van der Waals surface area contributed by atoms with E-state index in [0.29, 0.717) is 16.3 Å². The van der Waals surface area contributed by atoms with E-state index in [4.69, 9.17) is 16.3 Å². The van der Waals surface area contributed by atoms with Crippen molar-refractivity contribution in [2.45, 2.75) is 20.8 Å². The zero-order chi connectivity index (χ0) is 18.4. The lowest BCUT2D eigenvalue weighted by Crippen LogP contribution is -2.37. The van der Waals surface area contributed by atoms with Crippen molar-refractivity contribution in [2.24, 2.45) is 0 Å². The molecule has 2 aromatic carbocycles. The number of para-hydroxylation sites is 1. The minimum Gasteiger partial charge on any atom is -0.491 e. The van der Waals surface area contributed by atoms with Crippen molar-refractivity contribution in [3.05, 3.63) is 58.1 Å². The van der Waals surface area contributed by atoms with E-state index < -0.39 is 11.8 Å². The SMILES string of the molecule is Cc1cccc(C)c1OCCNC(=O)C(=O)Nc1cccc(Cl)c1C. The normalized spacial score (nSPS) is 10.2. The van der Waals surface area contributed by atoms with Crippen molar-refractivity contribution >= 4 is 29.1 Å². The summed E-state index contributed by atoms with van der Waals surface area (Å²) < 4.78 is 5.69. The number of amides is 2. The number of benzene rings is 2. The summed E-state index contributed by atoms with van der Waals surface area (Å²) in [5.74, 6) is -0.655. The van der Waals surface area contributed by atoms with Crippen LogP contribution in [0.2, 0.25) is 5.02 Å². The topological polar surface area (TPSA) is 67.4 Å². The first kappa shape index (κ1) is 18.8. The average molecular weight is 361 g/mol. The lowest BCUT2D eigenvalue weighted by Gasteiger charge is -2.12. The van der Waals surface area contributed by atoms with Crippen molar-refractivity contribution in [1.29, 1.82) is 0 Å². The molecule has 6 heteroatoms. The van der Waals surface area contributed by atoms with Gasteiger partial charge in [0.2, 0.25) is 0 Å². The van der Waals surface area contributed by atoms with E-state index in [2.05, 4.69) is 10.6 Å². The van der Waals surface area contributed by atoms with Crippen LogP contribution in [0.1, 0.15) is 16.7 Å². The predicted octanol–water partition coefficient (Wildman–Crippen LogP) is 3.40. The highest BCUT2D eigenvalue weighted by molar-refractivity contribution is 6.40. The smallest absolute Gasteiger partial charge is 0.313 e. The Morgan fingerprint density at radius 1 is 1.00 bits per heavy atom. The van der Waals surface area contributed by atoms with Gasteiger partial charge in [0.15, 0.2) is 0 Å². The van der Waals surface area contributed by atoms with Crippen LogP contribution in [-0.4, -0.2) is 25.0 Å². The Morgan fingerprint density at radius 3 is 2.32 bits per heavy atom. The van der Waals surface area contributed by atoms with Gasteiger partial charge in [0.1, 0.15) is 12.4 Å². The first-order chi connectivity index (χ1) is 11.9. The van der Waals surface area contributed by atoms with E-state index in [1.165, 1.54) is 0 Å². The Kier molecular flexibility index (Phi) is 6.42. The van der Waals surface area contributed by atoms with Crippen molar-refractivity contribution in [3.8, 4) is 5.75 Å². The molecule has 0 saturated carbocycles. The van der Waals surface area contributed by atoms with Crippen LogP contribution in [0.4, 0.5) is 5.69 Å². The number of hydrogen-bond donors (Lipinski definition) is 2. The Bertz CT molecular complexity index is 770. The summed E-state index contributed by atoms with van der Waals surface area (Å²) in [7, 11) is 0. The van der Waals surface area contributed by atoms with E-state index >= 15 is 0 Å². The van der Waals surface area contributed by atoms with Crippen LogP contribution in [0, 0.1) is 20.8 Å². The van der Waals surface area contributed by atoms with Crippen molar-refractivity contribution in [1.82, 2.24) is 5.32 Å². The molecule has 0 saturated heterocycles. The molecule has 0 fully saturated rings. The maximum atomic E-state index is 11.9. The number of carbonyl (C=O) groups is 2. The molecule has 25 heavy (non-hydrogen) atoms. The lowest BCUT2D eigenvalue weighted by molar-refractivity contribution is -0.136. The molecule has 2 aromatic rings. The maximum absolute atomic E-state index is 11.9. The fourth-order valence-corrected chi connectivity index (χ4v) is 2.52. The number of halogens is 1. The highest BCUT2D eigenvalue weighted by atomic mass is 35.5. The molecule has 0 aromatic heterocycles. The first-order valence-electron chi connectivity index (χ1n) is 7.93. The average Bonchev–Trinajstić information content (AvgIpc) is 2.57. The third-order valence-corrected chi connectivity index (χ3v) is 4.17. The Hall–Kier alpha value is -2.53. The van der Waals surface area contributed by atoms with Crippen LogP contribution in [0.25, 0.3) is 0 Å². The fourth-order valence-electron chi connectivity index (χ4n) is 2.35. The van der Waals surface area contributed by atoms with Gasteiger partial charge in [-0.05, 0) is 49.6 Å². The Morgan fingerprint density at radius 2 is 1.64 bits per heavy atom. The zero-order valence-corrected chi connectivity index (χ0v) is 15.2. The molecule has 0 aliphatic heterocycles. The standard InChI is InChI=1S/C19H21ClN2O3/c1-12-6-4-7-13(2)17(12)25-11-10-21-18(23)19(24)22-16-9-5-8-15(20)14(16)3/h4-9H,10-11H2,1-3H3,(H,21,23)(H,22,24). The molecular weight excluding hydrogens is 340 g/mol. The van der Waals surface area contributed by atoms with E-state index in [0.717, 1.165) is 16.9 Å². The molecule has 0 bridgehead atoms. The number of rotatable bonds is 5. The summed E-state index contributed by atoms with van der Waals surface area (Å²) in [5, 5.41) is 5.62. The van der Waals surface area contributed by atoms with Gasteiger partial charge >= 0.3 is 11.8 Å². The second-order valence-corrected chi connectivity index (χ2v) is 6.10. The molecule has 2 N–H and O–H groups in total. The number of ether oxygens (including phenoxy) is 1. The molecule has 0 atom stereocenters. The van der Waals surface area contributed by atoms with Crippen LogP contribution >= 0.6 is 11.6 Å². The molecular formula is C19H21ClN2O3. The van der Waals surface area contributed by atoms with Gasteiger partial charge in [0.25, 0.3) is 0 Å². The highest BCUT2D eigenvalue weighted by Crippen LogP contribution is 2.23. The first-order valence-corrected chi connectivity index (χ1v) is 8.31. The van der Waals surface area contributed by atoms with Gasteiger partial charge in [-0.1, -0.05) is 35.9 Å². The van der Waals surface area contributed by atoms with Crippen LogP contribution < -0.4 is 15.4 Å². The fraction of sp³-hybridized carbons (Fsp3) is 0.263. The van der Waals surface area contributed by atoms with E-state index in [1.54, 1.807) is 25.1 Å². The van der Waals surface area contributed by atoms with Crippen molar-refractivity contribution in [3.63, 3.8) is 0 Å². The number of anilines is 1. The van der Waals surface area contributed by atoms with Gasteiger partial charge in [-0.15, -0.1) is 0 Å². The summed E-state index contributed by atoms with van der Waals surface area (Å²) in [6.45, 7) is 6.20. The van der Waals surface area contributed by atoms with Crippen LogP contribution in [0.5, 0.6) is 5.75 Å². The summed E-state index contributed by atoms with van der Waals surface area (Å²) >= 11 is 5.99. The van der Waals surface area contributed by atoms with Crippen molar-refractivity contribution in [2.75, 3.05) is 18.5 Å². The largest absolute Gasteiger partial charge is 0.491 e. The quantitative estimate of drug-likeness (QED) is 0.634. The molecule has 132 valence electrons. The highest BCUT2D eigenvalue weighted by Gasteiger charge is 2.15. The van der Waals surface area contributed by atoms with Crippen LogP contribution in [0.3, 0.4) is 0 Å². The van der Waals surface area contributed by atoms with Gasteiger partial charge < -0.3 is 15.4 Å². The Balaban J connectivity index is 1.82. The number of nitrogens with one attached hydrogen (secondary N) is 2. The molecule has 0 unspecified atom stereocenters. The summed E-state index contributed by atoms with van der Waals surface area (Å²) in [6, 6.07) is 11.0. The molecule has 2 rings (SSSR count). The molecule has 2 amide bonds. The Labute approximate surface area is 152 Å². The van der Waals surface area contributed by atoms with Gasteiger partial charge in [-0.3, -0.25) is 9.59 Å². The number of hydrogen-bond acceptors (Lipinski definition) is 3. The third kappa shape index (κ3) is 4.97. The van der Waals surface area contributed by atoms with Gasteiger partial charge in [-0.2, -0.15) is 0 Å². The predicted molar refractivity (Wildman–Crippen MR) is 99.2 cm³/mol. The molecule has 0 spiro atoms. The van der Waals surface area contributed by atoms with Crippen LogP contribution in [0.15, 0.2) is 36.4 Å². The molecule has 0 radical (unpaired) electrons. The molecule has 0 aliphatic rings. The van der Waals surface area contributed by atoms with Gasteiger partial charge in [0.05, 0.1) is 6.54 Å². The number of aryl methyl sites for hydroxylation is 2.